The van der Waals surface area contributed by atoms with Crippen molar-refractivity contribution in [2.45, 2.75) is 17.6 Å². The molecular formula is C26H26F3N3O3S. The molecule has 0 unspecified atom stereocenters. The molecule has 0 spiro atoms. The first-order valence-electron chi connectivity index (χ1n) is 11.4. The third-order valence-corrected chi connectivity index (χ3v) is 7.83. The van der Waals surface area contributed by atoms with E-state index in [2.05, 4.69) is 4.90 Å². The lowest BCUT2D eigenvalue weighted by atomic mass is 10.2. The van der Waals surface area contributed by atoms with Crippen molar-refractivity contribution in [3.05, 3.63) is 96.1 Å². The molecule has 1 aliphatic heterocycles. The van der Waals surface area contributed by atoms with Crippen LogP contribution < -0.4 is 4.31 Å². The summed E-state index contributed by atoms with van der Waals surface area (Å²) in [4.78, 5) is 16.8. The quantitative estimate of drug-likeness (QED) is 0.470. The zero-order valence-electron chi connectivity index (χ0n) is 19.4. The molecule has 1 saturated heterocycles. The van der Waals surface area contributed by atoms with Gasteiger partial charge in [0.05, 0.1) is 16.1 Å². The topological polar surface area (TPSA) is 60.9 Å². The summed E-state index contributed by atoms with van der Waals surface area (Å²) in [6.45, 7) is 2.14. The summed E-state index contributed by atoms with van der Waals surface area (Å²) in [6.07, 6.45) is -4.66. The van der Waals surface area contributed by atoms with Crippen LogP contribution in [0.4, 0.5) is 18.9 Å². The molecule has 1 fully saturated rings. The van der Waals surface area contributed by atoms with Crippen LogP contribution >= 0.6 is 0 Å². The van der Waals surface area contributed by atoms with Crippen LogP contribution in [0.1, 0.15) is 11.1 Å². The van der Waals surface area contributed by atoms with Crippen molar-refractivity contribution in [2.24, 2.45) is 0 Å². The van der Waals surface area contributed by atoms with Gasteiger partial charge in [-0.1, -0.05) is 54.6 Å². The molecule has 1 aliphatic rings. The molecule has 36 heavy (non-hydrogen) atoms. The van der Waals surface area contributed by atoms with Gasteiger partial charge in [-0.25, -0.2) is 8.42 Å². The molecule has 6 nitrogen and oxygen atoms in total. The molecule has 0 N–H and O–H groups in total. The van der Waals surface area contributed by atoms with E-state index in [4.69, 9.17) is 0 Å². The van der Waals surface area contributed by atoms with Crippen molar-refractivity contribution in [1.29, 1.82) is 0 Å². The molecule has 0 atom stereocenters. The van der Waals surface area contributed by atoms with Gasteiger partial charge in [-0.05, 0) is 35.9 Å². The van der Waals surface area contributed by atoms with Gasteiger partial charge in [0.15, 0.2) is 0 Å². The maximum absolute atomic E-state index is 13.4. The molecule has 0 radical (unpaired) electrons. The third kappa shape index (κ3) is 6.06. The lowest BCUT2D eigenvalue weighted by molar-refractivity contribution is -0.137. The first-order chi connectivity index (χ1) is 17.1. The van der Waals surface area contributed by atoms with E-state index in [1.54, 1.807) is 11.0 Å². The van der Waals surface area contributed by atoms with Crippen molar-refractivity contribution in [3.8, 4) is 0 Å². The van der Waals surface area contributed by atoms with Crippen LogP contribution in [0.15, 0.2) is 89.8 Å². The van der Waals surface area contributed by atoms with Crippen LogP contribution in [0.3, 0.4) is 0 Å². The Kier molecular flexibility index (Phi) is 7.65. The molecule has 4 rings (SSSR count). The van der Waals surface area contributed by atoms with Crippen molar-refractivity contribution < 1.29 is 26.4 Å². The molecule has 190 valence electrons. The van der Waals surface area contributed by atoms with Gasteiger partial charge >= 0.3 is 6.18 Å². The van der Waals surface area contributed by atoms with Crippen LogP contribution in [0.2, 0.25) is 0 Å². The van der Waals surface area contributed by atoms with Crippen molar-refractivity contribution in [2.75, 3.05) is 37.0 Å². The molecule has 0 aliphatic carbocycles. The molecule has 0 bridgehead atoms. The summed E-state index contributed by atoms with van der Waals surface area (Å²) in [5, 5.41) is 0. The highest BCUT2D eigenvalue weighted by Gasteiger charge is 2.34. The minimum absolute atomic E-state index is 0.108. The predicted molar refractivity (Wildman–Crippen MR) is 131 cm³/mol. The monoisotopic (exact) mass is 517 g/mol. The highest BCUT2D eigenvalue weighted by molar-refractivity contribution is 7.92. The van der Waals surface area contributed by atoms with Crippen molar-refractivity contribution >= 4 is 21.6 Å². The number of anilines is 1. The molecule has 0 saturated carbocycles. The molecule has 3 aromatic carbocycles. The fourth-order valence-corrected chi connectivity index (χ4v) is 5.52. The highest BCUT2D eigenvalue weighted by atomic mass is 32.2. The fraction of sp³-hybridized carbons (Fsp3) is 0.269. The van der Waals surface area contributed by atoms with Crippen LogP contribution in [0.25, 0.3) is 0 Å². The molecule has 1 heterocycles. The average molecular weight is 518 g/mol. The summed E-state index contributed by atoms with van der Waals surface area (Å²) in [6, 6.07) is 21.3. The first kappa shape index (κ1) is 25.7. The van der Waals surface area contributed by atoms with Gasteiger partial charge in [0.2, 0.25) is 5.91 Å². The summed E-state index contributed by atoms with van der Waals surface area (Å²) >= 11 is 0. The van der Waals surface area contributed by atoms with E-state index >= 15 is 0 Å². The van der Waals surface area contributed by atoms with Gasteiger partial charge < -0.3 is 4.90 Å². The minimum Gasteiger partial charge on any atom is -0.339 e. The molecule has 3 aromatic rings. The number of hydrogen-bond acceptors (Lipinski definition) is 4. The fourth-order valence-electron chi connectivity index (χ4n) is 4.09. The maximum Gasteiger partial charge on any atom is 0.416 e. The van der Waals surface area contributed by atoms with Crippen LogP contribution in [-0.4, -0.2) is 56.8 Å². The van der Waals surface area contributed by atoms with E-state index in [1.807, 2.05) is 30.3 Å². The van der Waals surface area contributed by atoms with E-state index in [0.717, 1.165) is 34.6 Å². The molecular weight excluding hydrogens is 491 g/mol. The van der Waals surface area contributed by atoms with Gasteiger partial charge in [-0.15, -0.1) is 0 Å². The van der Waals surface area contributed by atoms with Gasteiger partial charge in [0.25, 0.3) is 10.0 Å². The maximum atomic E-state index is 13.4. The number of benzene rings is 3. The van der Waals surface area contributed by atoms with E-state index in [9.17, 15) is 26.4 Å². The summed E-state index contributed by atoms with van der Waals surface area (Å²) in [7, 11) is -4.29. The number of sulfonamides is 1. The standard InChI is InChI=1S/C26H26F3N3O3S/c27-26(28,29)22-10-7-11-23(18-22)32(36(34,35)24-12-5-2-6-13-24)20-25(33)31-16-14-30(15-17-31)19-21-8-3-1-4-9-21/h1-13,18H,14-17,19-20H2. The number of halogens is 3. The normalized spacial score (nSPS) is 15.0. The number of rotatable bonds is 7. The predicted octanol–water partition coefficient (Wildman–Crippen LogP) is 4.25. The van der Waals surface area contributed by atoms with Gasteiger partial charge in [-0.3, -0.25) is 14.0 Å². The Morgan fingerprint density at radius 2 is 1.44 bits per heavy atom. The van der Waals surface area contributed by atoms with E-state index in [-0.39, 0.29) is 10.6 Å². The van der Waals surface area contributed by atoms with Gasteiger partial charge in [-0.2, -0.15) is 13.2 Å². The first-order valence-corrected chi connectivity index (χ1v) is 12.9. The summed E-state index contributed by atoms with van der Waals surface area (Å²) < 4.78 is 67.7. The van der Waals surface area contributed by atoms with Crippen molar-refractivity contribution in [1.82, 2.24) is 9.80 Å². The van der Waals surface area contributed by atoms with Crippen LogP contribution in [-0.2, 0) is 27.5 Å². The number of amides is 1. The van der Waals surface area contributed by atoms with E-state index in [0.29, 0.717) is 26.2 Å². The Balaban J connectivity index is 1.53. The number of hydrogen-bond donors (Lipinski definition) is 0. The molecule has 10 heteroatoms. The smallest absolute Gasteiger partial charge is 0.339 e. The van der Waals surface area contributed by atoms with Gasteiger partial charge in [0.1, 0.15) is 6.54 Å². The zero-order valence-corrected chi connectivity index (χ0v) is 20.3. The SMILES string of the molecule is O=C(CN(c1cccc(C(F)(F)F)c1)S(=O)(=O)c1ccccc1)N1CCN(Cc2ccccc2)CC1. The lowest BCUT2D eigenvalue weighted by Gasteiger charge is -2.36. The largest absolute Gasteiger partial charge is 0.416 e. The number of piperazine rings is 1. The van der Waals surface area contributed by atoms with E-state index in [1.165, 1.54) is 30.3 Å². The Labute approximate surface area is 208 Å². The summed E-state index contributed by atoms with van der Waals surface area (Å²) in [5.74, 6) is -0.466. The number of carbonyl (C=O) groups is 1. The Morgan fingerprint density at radius 1 is 0.833 bits per heavy atom. The van der Waals surface area contributed by atoms with Gasteiger partial charge in [0, 0.05) is 32.7 Å². The lowest BCUT2D eigenvalue weighted by Crippen LogP contribution is -2.51. The second kappa shape index (κ2) is 10.7. The zero-order chi connectivity index (χ0) is 25.8. The Bertz CT molecular complexity index is 1280. The number of alkyl halides is 3. The van der Waals surface area contributed by atoms with E-state index < -0.39 is 34.2 Å². The molecule has 1 amide bonds. The van der Waals surface area contributed by atoms with Crippen LogP contribution in [0.5, 0.6) is 0 Å². The second-order valence-corrected chi connectivity index (χ2v) is 10.4. The highest BCUT2D eigenvalue weighted by Crippen LogP contribution is 2.33. The summed E-state index contributed by atoms with van der Waals surface area (Å²) in [5.41, 5.74) is -0.0538. The number of nitrogens with zero attached hydrogens (tertiary/aromatic N) is 3. The molecule has 0 aromatic heterocycles. The van der Waals surface area contributed by atoms with Crippen LogP contribution in [0, 0.1) is 0 Å². The second-order valence-electron chi connectivity index (χ2n) is 8.52. The van der Waals surface area contributed by atoms with Crippen molar-refractivity contribution in [3.63, 3.8) is 0 Å². The average Bonchev–Trinajstić information content (AvgIpc) is 2.88. The third-order valence-electron chi connectivity index (χ3n) is 6.05. The Morgan fingerprint density at radius 3 is 2.06 bits per heavy atom. The minimum atomic E-state index is -4.66. The number of carbonyl (C=O) groups excluding carboxylic acids is 1. The Hall–Kier alpha value is -3.37.